The second-order valence-corrected chi connectivity index (χ2v) is 9.49. The first-order valence-electron chi connectivity index (χ1n) is 10.6. The Balaban J connectivity index is 1.73. The number of fused-ring (bicyclic) bond motifs is 1. The molecule has 1 aromatic heterocycles. The summed E-state index contributed by atoms with van der Waals surface area (Å²) in [4.78, 5) is 22.3. The van der Waals surface area contributed by atoms with Crippen LogP contribution < -0.4 is 10.5 Å². The van der Waals surface area contributed by atoms with E-state index in [0.717, 1.165) is 9.54 Å². The summed E-state index contributed by atoms with van der Waals surface area (Å²) < 4.78 is 38.4. The van der Waals surface area contributed by atoms with E-state index in [2.05, 4.69) is 0 Å². The minimum Gasteiger partial charge on any atom is -0.489 e. The van der Waals surface area contributed by atoms with Gasteiger partial charge in [0.1, 0.15) is 12.4 Å². The van der Waals surface area contributed by atoms with Crippen molar-refractivity contribution in [3.8, 4) is 5.75 Å². The number of carboxylic acids is 1. The molecule has 0 fully saturated rings. The average Bonchev–Trinajstić information content (AvgIpc) is 3.22. The van der Waals surface area contributed by atoms with Crippen LogP contribution in [0.2, 0.25) is 0 Å². The number of nitrogens with zero attached hydrogens (tertiary/aromatic N) is 1. The minimum absolute atomic E-state index is 0.0921. The predicted octanol–water partition coefficient (Wildman–Crippen LogP) is 2.91. The number of esters is 1. The Labute approximate surface area is 201 Å². The fraction of sp³-hybridized carbons (Fsp3) is 0.120. The van der Waals surface area contributed by atoms with Crippen molar-refractivity contribution in [3.05, 3.63) is 96.2 Å². The molecule has 0 aliphatic rings. The molecule has 0 aliphatic heterocycles. The molecule has 180 valence electrons. The Morgan fingerprint density at radius 3 is 2.29 bits per heavy atom. The summed E-state index contributed by atoms with van der Waals surface area (Å²) in [5.41, 5.74) is 7.61. The molecule has 35 heavy (non-hydrogen) atoms. The molecule has 0 saturated heterocycles. The standard InChI is InChI=1S/C25H22N2O7S/c26-23(34-25(30)24(28)29)13-18-15-27(35(31,32)20-9-5-2-6-10-20)22-12-11-19(14-21(18)22)33-16-17-7-3-1-4-8-17/h1-12,14-15,23H,13,16,26H2,(H,28,29). The summed E-state index contributed by atoms with van der Waals surface area (Å²) in [6.45, 7) is 0.306. The van der Waals surface area contributed by atoms with Crippen LogP contribution in [0.4, 0.5) is 0 Å². The topological polar surface area (TPSA) is 138 Å². The molecule has 1 unspecified atom stereocenters. The maximum absolute atomic E-state index is 13.3. The molecule has 3 aromatic carbocycles. The molecule has 9 nitrogen and oxygen atoms in total. The monoisotopic (exact) mass is 494 g/mol. The summed E-state index contributed by atoms with van der Waals surface area (Å²) >= 11 is 0. The van der Waals surface area contributed by atoms with E-state index in [-0.39, 0.29) is 11.3 Å². The summed E-state index contributed by atoms with van der Waals surface area (Å²) in [5.74, 6) is -2.77. The van der Waals surface area contributed by atoms with E-state index in [1.54, 1.807) is 36.4 Å². The van der Waals surface area contributed by atoms with E-state index in [1.165, 1.54) is 18.3 Å². The number of nitrogens with two attached hydrogens (primary N) is 1. The van der Waals surface area contributed by atoms with Crippen molar-refractivity contribution in [2.45, 2.75) is 24.2 Å². The quantitative estimate of drug-likeness (QED) is 0.217. The Morgan fingerprint density at radius 1 is 0.971 bits per heavy atom. The summed E-state index contributed by atoms with van der Waals surface area (Å²) in [6, 6.07) is 22.4. The number of carbonyl (C=O) groups excluding carboxylic acids is 1. The second kappa shape index (κ2) is 10.00. The first kappa shape index (κ1) is 24.0. The first-order valence-corrected chi connectivity index (χ1v) is 12.0. The molecule has 4 aromatic rings. The van der Waals surface area contributed by atoms with Gasteiger partial charge in [0.25, 0.3) is 10.0 Å². The lowest BCUT2D eigenvalue weighted by atomic mass is 10.1. The number of rotatable bonds is 8. The SMILES string of the molecule is NC(Cc1cn(S(=O)(=O)c2ccccc2)c2ccc(OCc3ccccc3)cc12)OC(=O)C(=O)O. The van der Waals surface area contributed by atoms with Crippen molar-refractivity contribution < 1.29 is 32.6 Å². The lowest BCUT2D eigenvalue weighted by molar-refractivity contribution is -0.167. The van der Waals surface area contributed by atoms with Crippen molar-refractivity contribution in [1.82, 2.24) is 3.97 Å². The molecule has 1 heterocycles. The zero-order valence-corrected chi connectivity index (χ0v) is 19.2. The number of carbonyl (C=O) groups is 2. The molecule has 0 radical (unpaired) electrons. The molecule has 1 atom stereocenters. The molecule has 0 aliphatic carbocycles. The number of ether oxygens (including phenoxy) is 2. The highest BCUT2D eigenvalue weighted by atomic mass is 32.2. The van der Waals surface area contributed by atoms with Crippen LogP contribution in [0.15, 0.2) is 90.0 Å². The smallest absolute Gasteiger partial charge is 0.418 e. The van der Waals surface area contributed by atoms with Gasteiger partial charge in [-0.15, -0.1) is 0 Å². The van der Waals surface area contributed by atoms with Gasteiger partial charge < -0.3 is 14.6 Å². The van der Waals surface area contributed by atoms with Gasteiger partial charge in [-0.3, -0.25) is 5.73 Å². The Hall–Kier alpha value is -4.15. The third-order valence-corrected chi connectivity index (χ3v) is 6.91. The van der Waals surface area contributed by atoms with Crippen molar-refractivity contribution in [2.24, 2.45) is 5.73 Å². The Bertz CT molecular complexity index is 1470. The van der Waals surface area contributed by atoms with Gasteiger partial charge in [0.2, 0.25) is 0 Å². The fourth-order valence-electron chi connectivity index (χ4n) is 3.59. The van der Waals surface area contributed by atoms with E-state index in [1.807, 2.05) is 30.3 Å². The van der Waals surface area contributed by atoms with Crippen LogP contribution in [0.1, 0.15) is 11.1 Å². The summed E-state index contributed by atoms with van der Waals surface area (Å²) in [5, 5.41) is 9.28. The maximum Gasteiger partial charge on any atom is 0.418 e. The van der Waals surface area contributed by atoms with Crippen molar-refractivity contribution >= 4 is 32.9 Å². The summed E-state index contributed by atoms with van der Waals surface area (Å²) in [7, 11) is -3.95. The molecule has 0 bridgehead atoms. The average molecular weight is 495 g/mol. The van der Waals surface area contributed by atoms with E-state index in [9.17, 15) is 18.0 Å². The number of aromatic nitrogens is 1. The Kier molecular flexibility index (Phi) is 6.85. The number of carboxylic acid groups (broad SMARTS) is 1. The number of aliphatic carboxylic acids is 1. The van der Waals surface area contributed by atoms with Crippen molar-refractivity contribution in [2.75, 3.05) is 0 Å². The lowest BCUT2D eigenvalue weighted by Gasteiger charge is -2.11. The van der Waals surface area contributed by atoms with Crippen molar-refractivity contribution in [1.29, 1.82) is 0 Å². The van der Waals surface area contributed by atoms with Gasteiger partial charge >= 0.3 is 11.9 Å². The lowest BCUT2D eigenvalue weighted by Crippen LogP contribution is -2.32. The van der Waals surface area contributed by atoms with Gasteiger partial charge in [-0.25, -0.2) is 22.0 Å². The highest BCUT2D eigenvalue weighted by Gasteiger charge is 2.24. The van der Waals surface area contributed by atoms with Gasteiger partial charge in [0.05, 0.1) is 10.4 Å². The minimum atomic E-state index is -3.95. The molecule has 3 N–H and O–H groups in total. The highest BCUT2D eigenvalue weighted by Crippen LogP contribution is 2.30. The molecule has 0 amide bonds. The zero-order chi connectivity index (χ0) is 25.0. The largest absolute Gasteiger partial charge is 0.489 e. The third-order valence-electron chi connectivity index (χ3n) is 5.23. The number of benzene rings is 3. The van der Waals surface area contributed by atoms with Gasteiger partial charge in [-0.1, -0.05) is 48.5 Å². The van der Waals surface area contributed by atoms with Crippen molar-refractivity contribution in [3.63, 3.8) is 0 Å². The fourth-order valence-corrected chi connectivity index (χ4v) is 5.00. The molecule has 0 saturated carbocycles. The van der Waals surface area contributed by atoms with Crippen LogP contribution in [0.25, 0.3) is 10.9 Å². The van der Waals surface area contributed by atoms with Crippen LogP contribution in [0.5, 0.6) is 5.75 Å². The second-order valence-electron chi connectivity index (χ2n) is 7.67. The molecular weight excluding hydrogens is 472 g/mol. The van der Waals surface area contributed by atoms with E-state index in [4.69, 9.17) is 20.3 Å². The van der Waals surface area contributed by atoms with Crippen LogP contribution in [-0.2, 0) is 37.4 Å². The predicted molar refractivity (Wildman–Crippen MR) is 127 cm³/mol. The number of hydrogen-bond donors (Lipinski definition) is 2. The van der Waals surface area contributed by atoms with Gasteiger partial charge in [-0.2, -0.15) is 0 Å². The molecule has 4 rings (SSSR count). The first-order chi connectivity index (χ1) is 16.8. The summed E-state index contributed by atoms with van der Waals surface area (Å²) in [6.07, 6.45) is -0.0248. The van der Waals surface area contributed by atoms with Gasteiger partial charge in [-0.05, 0) is 41.5 Å². The van der Waals surface area contributed by atoms with Crippen LogP contribution in [-0.4, -0.2) is 35.7 Å². The van der Waals surface area contributed by atoms with Gasteiger partial charge in [0, 0.05) is 18.0 Å². The van der Waals surface area contributed by atoms with Crippen LogP contribution in [0.3, 0.4) is 0 Å². The zero-order valence-electron chi connectivity index (χ0n) is 18.4. The molecular formula is C25H22N2O7S. The van der Waals surface area contributed by atoms with Gasteiger partial charge in [0.15, 0.2) is 6.23 Å². The highest BCUT2D eigenvalue weighted by molar-refractivity contribution is 7.90. The molecule has 10 heteroatoms. The van der Waals surface area contributed by atoms with E-state index in [0.29, 0.717) is 28.8 Å². The normalized spacial score (nSPS) is 12.3. The maximum atomic E-state index is 13.3. The third kappa shape index (κ3) is 5.34. The Morgan fingerprint density at radius 2 is 1.63 bits per heavy atom. The van der Waals surface area contributed by atoms with E-state index >= 15 is 0 Å². The van der Waals surface area contributed by atoms with Crippen LogP contribution >= 0.6 is 0 Å². The van der Waals surface area contributed by atoms with E-state index < -0.39 is 28.2 Å². The van der Waals surface area contributed by atoms with Crippen LogP contribution in [0, 0.1) is 0 Å². The number of hydrogen-bond acceptors (Lipinski definition) is 7. The molecule has 0 spiro atoms.